The van der Waals surface area contributed by atoms with Crippen LogP contribution in [0.5, 0.6) is 0 Å². The Morgan fingerprint density at radius 2 is 1.88 bits per heavy atom. The van der Waals surface area contributed by atoms with Gasteiger partial charge < -0.3 is 30.9 Å². The maximum Gasteiger partial charge on any atom is 0.404 e. The van der Waals surface area contributed by atoms with Crippen LogP contribution in [-0.2, 0) is 11.3 Å². The Morgan fingerprint density at radius 3 is 2.61 bits per heavy atom. The standard InChI is InChI=1S/C31H37ClN6O3/c1-21-18-24(13-14-27(21)38-16-7-12-28(38)33-15-17-37(2)3)36-30(39)29(25-10-4-5-11-26(25)32)35-23-9-6-8-22(19-23)20-34-31(40)41/h4-6,8-11,13-14,18-19,29,34-35H,7,12,15-17,20H2,1-3H3,(H,36,39)(H,40,41). The average molecular weight is 577 g/mol. The van der Waals surface area contributed by atoms with Gasteiger partial charge in [0.25, 0.3) is 5.91 Å². The number of likely N-dealkylation sites (N-methyl/N-ethyl adjacent to an activating group) is 1. The zero-order valence-electron chi connectivity index (χ0n) is 23.7. The summed E-state index contributed by atoms with van der Waals surface area (Å²) in [5.74, 6) is 0.835. The first-order valence-corrected chi connectivity index (χ1v) is 14.0. The van der Waals surface area contributed by atoms with Crippen molar-refractivity contribution in [3.63, 3.8) is 0 Å². The number of rotatable bonds is 11. The van der Waals surface area contributed by atoms with E-state index in [-0.39, 0.29) is 12.5 Å². The Morgan fingerprint density at radius 1 is 1.07 bits per heavy atom. The predicted molar refractivity (Wildman–Crippen MR) is 166 cm³/mol. The van der Waals surface area contributed by atoms with E-state index in [1.165, 1.54) is 0 Å². The molecule has 10 heteroatoms. The van der Waals surface area contributed by atoms with Crippen LogP contribution in [0, 0.1) is 6.92 Å². The minimum absolute atomic E-state index is 0.151. The quantitative estimate of drug-likeness (QED) is 0.231. The van der Waals surface area contributed by atoms with Gasteiger partial charge in [0.1, 0.15) is 11.9 Å². The Labute approximate surface area is 246 Å². The lowest BCUT2D eigenvalue weighted by Crippen LogP contribution is -2.28. The number of hydrogen-bond donors (Lipinski definition) is 4. The number of aryl methyl sites for hydroxylation is 1. The summed E-state index contributed by atoms with van der Waals surface area (Å²) < 4.78 is 0. The molecule has 0 saturated carbocycles. The van der Waals surface area contributed by atoms with Gasteiger partial charge in [0.05, 0.1) is 6.54 Å². The average Bonchev–Trinajstić information content (AvgIpc) is 3.39. The van der Waals surface area contributed by atoms with E-state index >= 15 is 0 Å². The Bertz CT molecular complexity index is 1410. The number of amides is 2. The molecule has 9 nitrogen and oxygen atoms in total. The number of carbonyl (C=O) groups excluding carboxylic acids is 1. The molecule has 1 atom stereocenters. The Kier molecular flexibility index (Phi) is 10.2. The predicted octanol–water partition coefficient (Wildman–Crippen LogP) is 5.77. The highest BCUT2D eigenvalue weighted by atomic mass is 35.5. The third-order valence-electron chi connectivity index (χ3n) is 6.85. The number of carboxylic acid groups (broad SMARTS) is 1. The summed E-state index contributed by atoms with van der Waals surface area (Å²) in [5, 5.41) is 18.1. The van der Waals surface area contributed by atoms with Gasteiger partial charge in [-0.15, -0.1) is 0 Å². The summed E-state index contributed by atoms with van der Waals surface area (Å²) in [6.07, 6.45) is 0.928. The van der Waals surface area contributed by atoms with Crippen molar-refractivity contribution in [2.75, 3.05) is 49.3 Å². The molecule has 1 saturated heterocycles. The summed E-state index contributed by atoms with van der Waals surface area (Å²) in [5.41, 5.74) is 4.87. The topological polar surface area (TPSA) is 109 Å². The normalized spacial score (nSPS) is 14.8. The van der Waals surface area contributed by atoms with Gasteiger partial charge in [0, 0.05) is 53.7 Å². The number of anilines is 3. The van der Waals surface area contributed by atoms with Gasteiger partial charge in [-0.1, -0.05) is 41.9 Å². The number of hydrogen-bond acceptors (Lipinski definition) is 5. The van der Waals surface area contributed by atoms with Crippen molar-refractivity contribution in [2.24, 2.45) is 4.99 Å². The van der Waals surface area contributed by atoms with Gasteiger partial charge in [0.2, 0.25) is 0 Å². The SMILES string of the molecule is Cc1cc(NC(=O)C(Nc2cccc(CNC(=O)O)c2)c2ccccc2Cl)ccc1N1CCCC1=NCCN(C)C. The van der Waals surface area contributed by atoms with Gasteiger partial charge in [0.15, 0.2) is 0 Å². The molecule has 3 aromatic carbocycles. The van der Waals surface area contributed by atoms with Crippen molar-refractivity contribution in [1.29, 1.82) is 0 Å². The number of nitrogens with one attached hydrogen (secondary N) is 3. The molecular weight excluding hydrogens is 540 g/mol. The number of benzene rings is 3. The van der Waals surface area contributed by atoms with Crippen LogP contribution in [0.25, 0.3) is 0 Å². The van der Waals surface area contributed by atoms with E-state index in [1.807, 2.05) is 69.6 Å². The minimum atomic E-state index is -1.10. The van der Waals surface area contributed by atoms with Crippen molar-refractivity contribution in [3.05, 3.63) is 88.4 Å². The molecule has 1 fully saturated rings. The van der Waals surface area contributed by atoms with Crippen LogP contribution < -0.4 is 20.9 Å². The van der Waals surface area contributed by atoms with E-state index in [0.717, 1.165) is 55.1 Å². The van der Waals surface area contributed by atoms with Crippen molar-refractivity contribution >= 4 is 46.5 Å². The lowest BCUT2D eigenvalue weighted by molar-refractivity contribution is -0.117. The molecule has 1 aliphatic heterocycles. The third-order valence-corrected chi connectivity index (χ3v) is 7.19. The lowest BCUT2D eigenvalue weighted by Gasteiger charge is -2.24. The fourth-order valence-electron chi connectivity index (χ4n) is 4.82. The van der Waals surface area contributed by atoms with Gasteiger partial charge in [-0.2, -0.15) is 0 Å². The zero-order chi connectivity index (χ0) is 29.4. The molecule has 0 bridgehead atoms. The fraction of sp³-hybridized carbons (Fsp3) is 0.323. The zero-order valence-corrected chi connectivity index (χ0v) is 24.4. The monoisotopic (exact) mass is 576 g/mol. The molecule has 1 aliphatic rings. The molecule has 4 N–H and O–H groups in total. The van der Waals surface area contributed by atoms with E-state index in [1.54, 1.807) is 18.2 Å². The lowest BCUT2D eigenvalue weighted by atomic mass is 10.0. The first-order chi connectivity index (χ1) is 19.7. The number of aliphatic imine (C=N–C) groups is 1. The molecule has 2 amide bonds. The highest BCUT2D eigenvalue weighted by molar-refractivity contribution is 6.31. The Balaban J connectivity index is 1.53. The van der Waals surface area contributed by atoms with Crippen molar-refractivity contribution in [1.82, 2.24) is 10.2 Å². The van der Waals surface area contributed by atoms with Crippen molar-refractivity contribution < 1.29 is 14.7 Å². The summed E-state index contributed by atoms with van der Waals surface area (Å²) in [6, 6.07) is 19.6. The molecule has 4 rings (SSSR count). The second-order valence-corrected chi connectivity index (χ2v) is 10.7. The van der Waals surface area contributed by atoms with Crippen LogP contribution in [0.4, 0.5) is 21.9 Å². The first-order valence-electron chi connectivity index (χ1n) is 13.6. The largest absolute Gasteiger partial charge is 0.465 e. The van der Waals surface area contributed by atoms with Crippen LogP contribution in [0.3, 0.4) is 0 Å². The number of amidine groups is 1. The van der Waals surface area contributed by atoms with Gasteiger partial charge in [-0.05, 0) is 75.0 Å². The highest BCUT2D eigenvalue weighted by Crippen LogP contribution is 2.31. The smallest absolute Gasteiger partial charge is 0.404 e. The molecule has 216 valence electrons. The molecule has 0 spiro atoms. The molecule has 1 unspecified atom stereocenters. The van der Waals surface area contributed by atoms with Gasteiger partial charge >= 0.3 is 6.09 Å². The molecule has 3 aromatic rings. The second-order valence-electron chi connectivity index (χ2n) is 10.3. The molecule has 1 heterocycles. The molecule has 0 radical (unpaired) electrons. The van der Waals surface area contributed by atoms with Gasteiger partial charge in [-0.25, -0.2) is 4.79 Å². The maximum absolute atomic E-state index is 13.7. The van der Waals surface area contributed by atoms with Crippen LogP contribution in [-0.4, -0.2) is 61.6 Å². The summed E-state index contributed by atoms with van der Waals surface area (Å²) in [7, 11) is 4.10. The number of halogens is 1. The van der Waals surface area contributed by atoms with Crippen molar-refractivity contribution in [3.8, 4) is 0 Å². The van der Waals surface area contributed by atoms with E-state index in [4.69, 9.17) is 21.7 Å². The molecule has 41 heavy (non-hydrogen) atoms. The van der Waals surface area contributed by atoms with E-state index in [9.17, 15) is 9.59 Å². The molecule has 0 aliphatic carbocycles. The first kappa shape index (κ1) is 29.9. The van der Waals surface area contributed by atoms with Crippen LogP contribution in [0.2, 0.25) is 5.02 Å². The molecular formula is C31H37ClN6O3. The number of nitrogens with zero attached hydrogens (tertiary/aromatic N) is 3. The van der Waals surface area contributed by atoms with Crippen LogP contribution in [0.1, 0.15) is 35.6 Å². The third kappa shape index (κ3) is 8.22. The summed E-state index contributed by atoms with van der Waals surface area (Å²) in [4.78, 5) is 33.9. The summed E-state index contributed by atoms with van der Waals surface area (Å²) >= 11 is 6.52. The van der Waals surface area contributed by atoms with Crippen molar-refractivity contribution in [2.45, 2.75) is 32.4 Å². The van der Waals surface area contributed by atoms with Crippen LogP contribution >= 0.6 is 11.6 Å². The highest BCUT2D eigenvalue weighted by Gasteiger charge is 2.25. The molecule has 0 aromatic heterocycles. The van der Waals surface area contributed by atoms with E-state index in [0.29, 0.717) is 22.0 Å². The van der Waals surface area contributed by atoms with E-state index in [2.05, 4.69) is 25.8 Å². The Hall–Kier alpha value is -4.08. The van der Waals surface area contributed by atoms with Crippen LogP contribution in [0.15, 0.2) is 71.7 Å². The second kappa shape index (κ2) is 14.0. The van der Waals surface area contributed by atoms with Gasteiger partial charge in [-0.3, -0.25) is 9.79 Å². The number of carbonyl (C=O) groups is 2. The maximum atomic E-state index is 13.7. The fourth-order valence-corrected chi connectivity index (χ4v) is 5.07. The summed E-state index contributed by atoms with van der Waals surface area (Å²) in [6.45, 7) is 4.79. The minimum Gasteiger partial charge on any atom is -0.465 e. The van der Waals surface area contributed by atoms with E-state index < -0.39 is 12.1 Å².